The van der Waals surface area contributed by atoms with E-state index in [1.807, 2.05) is 0 Å². The molecule has 0 amide bonds. The van der Waals surface area contributed by atoms with Gasteiger partial charge in [0.25, 0.3) is 0 Å². The van der Waals surface area contributed by atoms with Crippen LogP contribution in [-0.4, -0.2) is 31.4 Å². The van der Waals surface area contributed by atoms with Gasteiger partial charge in [0.1, 0.15) is 5.75 Å². The first-order chi connectivity index (χ1) is 8.52. The maximum Gasteiger partial charge on any atom is 0.573 e. The molecule has 0 radical (unpaired) electrons. The summed E-state index contributed by atoms with van der Waals surface area (Å²) in [5.41, 5.74) is -0.224. The molecule has 1 rings (SSSR count). The summed E-state index contributed by atoms with van der Waals surface area (Å²) in [7, 11) is -3.60. The number of rotatable bonds is 4. The monoisotopic (exact) mass is 298 g/mol. The Hall–Kier alpha value is -1.28. The first kappa shape index (κ1) is 15.8. The maximum atomic E-state index is 12.2. The molecule has 0 aromatic heterocycles. The highest BCUT2D eigenvalue weighted by molar-refractivity contribution is 7.91. The molecule has 108 valence electrons. The van der Waals surface area contributed by atoms with Gasteiger partial charge in [-0.05, 0) is 13.0 Å². The van der Waals surface area contributed by atoms with Gasteiger partial charge in [0.05, 0.1) is 11.4 Å². The standard InChI is InChI=1S/C11H13F3O4S/c1-7(19(2,16)17)10(15)8-5-3-4-6-9(8)18-11(12,13)14/h3-7,10,15H,1-2H3. The van der Waals surface area contributed by atoms with Crippen molar-refractivity contribution < 1.29 is 31.4 Å². The molecule has 0 aliphatic carbocycles. The fourth-order valence-corrected chi connectivity index (χ4v) is 2.04. The molecule has 1 aromatic carbocycles. The van der Waals surface area contributed by atoms with E-state index in [0.717, 1.165) is 12.3 Å². The van der Waals surface area contributed by atoms with Crippen molar-refractivity contribution in [1.29, 1.82) is 0 Å². The predicted octanol–water partition coefficient (Wildman–Crippen LogP) is 2.05. The zero-order valence-electron chi connectivity index (χ0n) is 10.2. The van der Waals surface area contributed by atoms with Crippen molar-refractivity contribution in [1.82, 2.24) is 0 Å². The molecular weight excluding hydrogens is 285 g/mol. The Kier molecular flexibility index (Phi) is 4.46. The molecular formula is C11H13F3O4S. The van der Waals surface area contributed by atoms with Crippen molar-refractivity contribution in [2.75, 3.05) is 6.26 Å². The first-order valence-electron chi connectivity index (χ1n) is 5.24. The molecule has 1 aromatic rings. The summed E-state index contributed by atoms with van der Waals surface area (Å²) in [5, 5.41) is 8.63. The molecule has 1 N–H and O–H groups in total. The predicted molar refractivity (Wildman–Crippen MR) is 62.4 cm³/mol. The lowest BCUT2D eigenvalue weighted by molar-refractivity contribution is -0.275. The zero-order chi connectivity index (χ0) is 14.8. The number of halogens is 3. The number of benzene rings is 1. The summed E-state index contributed by atoms with van der Waals surface area (Å²) in [5.74, 6) is -0.613. The van der Waals surface area contributed by atoms with Crippen LogP contribution in [0.25, 0.3) is 0 Å². The minimum absolute atomic E-state index is 0.224. The molecule has 0 fully saturated rings. The van der Waals surface area contributed by atoms with E-state index in [9.17, 15) is 26.7 Å². The van der Waals surface area contributed by atoms with Gasteiger partial charge in [-0.2, -0.15) is 0 Å². The normalized spacial score (nSPS) is 15.9. The number of aliphatic hydroxyl groups is 1. The summed E-state index contributed by atoms with van der Waals surface area (Å²) in [6.07, 6.45) is -5.62. The number of ether oxygens (including phenoxy) is 1. The summed E-state index contributed by atoms with van der Waals surface area (Å²) in [6, 6.07) is 4.88. The minimum atomic E-state index is -4.91. The highest BCUT2D eigenvalue weighted by Gasteiger charge is 2.34. The molecule has 8 heteroatoms. The lowest BCUT2D eigenvalue weighted by Crippen LogP contribution is -2.26. The fraction of sp³-hybridized carbons (Fsp3) is 0.455. The van der Waals surface area contributed by atoms with Gasteiger partial charge < -0.3 is 9.84 Å². The van der Waals surface area contributed by atoms with Crippen LogP contribution in [0.5, 0.6) is 5.75 Å². The Bertz CT molecular complexity index is 539. The summed E-state index contributed by atoms with van der Waals surface area (Å²) >= 11 is 0. The molecule has 4 nitrogen and oxygen atoms in total. The van der Waals surface area contributed by atoms with Gasteiger partial charge in [-0.15, -0.1) is 13.2 Å². The Balaban J connectivity index is 3.14. The van der Waals surface area contributed by atoms with Crippen molar-refractivity contribution in [2.45, 2.75) is 24.6 Å². The number of aliphatic hydroxyl groups excluding tert-OH is 1. The average molecular weight is 298 g/mol. The van der Waals surface area contributed by atoms with Crippen LogP contribution >= 0.6 is 0 Å². The largest absolute Gasteiger partial charge is 0.573 e. The highest BCUT2D eigenvalue weighted by Crippen LogP contribution is 2.33. The van der Waals surface area contributed by atoms with Gasteiger partial charge in [0.15, 0.2) is 9.84 Å². The van der Waals surface area contributed by atoms with Crippen LogP contribution in [0.4, 0.5) is 13.2 Å². The van der Waals surface area contributed by atoms with E-state index in [-0.39, 0.29) is 5.56 Å². The van der Waals surface area contributed by atoms with Crippen molar-refractivity contribution in [2.24, 2.45) is 0 Å². The quantitative estimate of drug-likeness (QED) is 0.924. The maximum absolute atomic E-state index is 12.2. The second-order valence-corrected chi connectivity index (χ2v) is 6.47. The minimum Gasteiger partial charge on any atom is -0.405 e. The average Bonchev–Trinajstić information content (AvgIpc) is 2.24. The lowest BCUT2D eigenvalue weighted by atomic mass is 10.1. The smallest absolute Gasteiger partial charge is 0.405 e. The van der Waals surface area contributed by atoms with Crippen molar-refractivity contribution >= 4 is 9.84 Å². The second kappa shape index (κ2) is 5.38. The van der Waals surface area contributed by atoms with Gasteiger partial charge in [-0.1, -0.05) is 18.2 Å². The molecule has 0 aliphatic rings. The molecule has 0 spiro atoms. The molecule has 2 unspecified atom stereocenters. The van der Waals surface area contributed by atoms with E-state index in [4.69, 9.17) is 0 Å². The summed E-state index contributed by atoms with van der Waals surface area (Å²) < 4.78 is 63.0. The molecule has 0 saturated carbocycles. The van der Waals surface area contributed by atoms with Crippen LogP contribution in [0.1, 0.15) is 18.6 Å². The van der Waals surface area contributed by atoms with E-state index in [1.165, 1.54) is 25.1 Å². The number of hydrogen-bond acceptors (Lipinski definition) is 4. The number of sulfone groups is 1. The molecule has 2 atom stereocenters. The molecule has 19 heavy (non-hydrogen) atoms. The molecule has 0 aliphatic heterocycles. The Morgan fingerprint density at radius 3 is 2.26 bits per heavy atom. The van der Waals surface area contributed by atoms with Crippen LogP contribution in [0, 0.1) is 0 Å². The van der Waals surface area contributed by atoms with Gasteiger partial charge in [0, 0.05) is 11.8 Å². The zero-order valence-corrected chi connectivity index (χ0v) is 11.0. The van der Waals surface area contributed by atoms with Gasteiger partial charge in [-0.25, -0.2) is 8.42 Å². The lowest BCUT2D eigenvalue weighted by Gasteiger charge is -2.20. The van der Waals surface area contributed by atoms with Crippen LogP contribution in [0.2, 0.25) is 0 Å². The van der Waals surface area contributed by atoms with Crippen LogP contribution < -0.4 is 4.74 Å². The van der Waals surface area contributed by atoms with E-state index >= 15 is 0 Å². The summed E-state index contributed by atoms with van der Waals surface area (Å²) in [4.78, 5) is 0. The third-order valence-electron chi connectivity index (χ3n) is 2.58. The molecule has 0 saturated heterocycles. The molecule has 0 bridgehead atoms. The van der Waals surface area contributed by atoms with Crippen LogP contribution in [0.15, 0.2) is 24.3 Å². The Labute approximate surface area is 108 Å². The third kappa shape index (κ3) is 4.39. The highest BCUT2D eigenvalue weighted by atomic mass is 32.2. The van der Waals surface area contributed by atoms with E-state index in [1.54, 1.807) is 0 Å². The number of hydrogen-bond donors (Lipinski definition) is 1. The third-order valence-corrected chi connectivity index (χ3v) is 4.19. The van der Waals surface area contributed by atoms with E-state index < -0.39 is 33.3 Å². The van der Waals surface area contributed by atoms with Crippen LogP contribution in [-0.2, 0) is 9.84 Å². The van der Waals surface area contributed by atoms with Crippen molar-refractivity contribution in [3.05, 3.63) is 29.8 Å². The second-order valence-electron chi connectivity index (χ2n) is 4.07. The Morgan fingerprint density at radius 2 is 1.79 bits per heavy atom. The van der Waals surface area contributed by atoms with Crippen molar-refractivity contribution in [3.8, 4) is 5.75 Å². The van der Waals surface area contributed by atoms with E-state index in [0.29, 0.717) is 0 Å². The van der Waals surface area contributed by atoms with Gasteiger partial charge >= 0.3 is 6.36 Å². The molecule has 0 heterocycles. The summed E-state index contributed by atoms with van der Waals surface area (Å²) in [6.45, 7) is 1.21. The Morgan fingerprint density at radius 1 is 1.26 bits per heavy atom. The first-order valence-corrected chi connectivity index (χ1v) is 7.19. The number of alkyl halides is 3. The fourth-order valence-electron chi connectivity index (χ4n) is 1.43. The van der Waals surface area contributed by atoms with Crippen LogP contribution in [0.3, 0.4) is 0 Å². The van der Waals surface area contributed by atoms with E-state index in [2.05, 4.69) is 4.74 Å². The SMILES string of the molecule is CC(C(O)c1ccccc1OC(F)(F)F)S(C)(=O)=O. The van der Waals surface area contributed by atoms with Gasteiger partial charge in [-0.3, -0.25) is 0 Å². The van der Waals surface area contributed by atoms with Gasteiger partial charge in [0.2, 0.25) is 0 Å². The van der Waals surface area contributed by atoms with Crippen molar-refractivity contribution in [3.63, 3.8) is 0 Å². The topological polar surface area (TPSA) is 63.6 Å². The number of para-hydroxylation sites is 1.